The molecule has 0 aliphatic carbocycles. The van der Waals surface area contributed by atoms with Gasteiger partial charge in [-0.05, 0) is 24.3 Å². The van der Waals surface area contributed by atoms with Crippen LogP contribution < -0.4 is 10.9 Å². The summed E-state index contributed by atoms with van der Waals surface area (Å²) in [5, 5.41) is 3.08. The van der Waals surface area contributed by atoms with Gasteiger partial charge in [0.1, 0.15) is 6.54 Å². The molecule has 3 rings (SSSR count). The summed E-state index contributed by atoms with van der Waals surface area (Å²) in [6.45, 7) is 0.813. The van der Waals surface area contributed by atoms with E-state index in [1.165, 1.54) is 16.6 Å². The molecule has 1 aliphatic rings. The lowest BCUT2D eigenvalue weighted by atomic mass is 10.3. The molecule has 0 saturated carbocycles. The van der Waals surface area contributed by atoms with Gasteiger partial charge in [0.2, 0.25) is 15.9 Å². The number of hydrogen-bond acceptors (Lipinski definition) is 5. The third-order valence-electron chi connectivity index (χ3n) is 3.99. The van der Waals surface area contributed by atoms with E-state index >= 15 is 0 Å². The van der Waals surface area contributed by atoms with E-state index in [1.54, 1.807) is 24.3 Å². The molecule has 144 valence electrons. The van der Waals surface area contributed by atoms with Crippen LogP contribution in [0.5, 0.6) is 0 Å². The smallest absolute Gasteiger partial charge is 0.251 e. The van der Waals surface area contributed by atoms with Crippen molar-refractivity contribution in [3.8, 4) is 0 Å². The maximum atomic E-state index is 12.7. The Morgan fingerprint density at radius 3 is 2.63 bits per heavy atom. The number of nitrogens with one attached hydrogen (secondary N) is 1. The summed E-state index contributed by atoms with van der Waals surface area (Å²) in [5.41, 5.74) is 0.00909. The van der Waals surface area contributed by atoms with E-state index in [4.69, 9.17) is 16.3 Å². The summed E-state index contributed by atoms with van der Waals surface area (Å²) < 4.78 is 32.9. The van der Waals surface area contributed by atoms with Crippen LogP contribution >= 0.6 is 11.6 Å². The van der Waals surface area contributed by atoms with Gasteiger partial charge in [-0.25, -0.2) is 8.42 Å². The van der Waals surface area contributed by atoms with Gasteiger partial charge in [-0.2, -0.15) is 4.31 Å². The van der Waals surface area contributed by atoms with Crippen LogP contribution in [0.15, 0.2) is 52.3 Å². The van der Waals surface area contributed by atoms with Crippen LogP contribution in [-0.4, -0.2) is 49.5 Å². The summed E-state index contributed by atoms with van der Waals surface area (Å²) in [6, 6.07) is 8.97. The summed E-state index contributed by atoms with van der Waals surface area (Å²) in [5.74, 6) is -0.472. The Morgan fingerprint density at radius 2 is 1.93 bits per heavy atom. The van der Waals surface area contributed by atoms with Crippen LogP contribution in [0, 0.1) is 0 Å². The Balaban J connectivity index is 1.79. The maximum Gasteiger partial charge on any atom is 0.251 e. The first-order chi connectivity index (χ1) is 12.9. The van der Waals surface area contributed by atoms with E-state index in [1.807, 2.05) is 0 Å². The van der Waals surface area contributed by atoms with Gasteiger partial charge >= 0.3 is 0 Å². The highest BCUT2D eigenvalue weighted by atomic mass is 35.5. The number of benzene rings is 1. The van der Waals surface area contributed by atoms with Crippen molar-refractivity contribution >= 4 is 33.2 Å². The highest BCUT2D eigenvalue weighted by Crippen LogP contribution is 2.16. The first-order valence-electron chi connectivity index (χ1n) is 8.20. The fourth-order valence-corrected chi connectivity index (χ4v) is 4.26. The van der Waals surface area contributed by atoms with Gasteiger partial charge in [0.15, 0.2) is 0 Å². The van der Waals surface area contributed by atoms with Crippen molar-refractivity contribution in [1.82, 2.24) is 8.87 Å². The molecule has 10 heteroatoms. The van der Waals surface area contributed by atoms with Gasteiger partial charge in [0, 0.05) is 36.1 Å². The van der Waals surface area contributed by atoms with Crippen molar-refractivity contribution in [1.29, 1.82) is 0 Å². The first kappa shape index (κ1) is 19.6. The monoisotopic (exact) mass is 411 g/mol. The van der Waals surface area contributed by atoms with E-state index in [0.717, 1.165) is 10.6 Å². The number of hydrogen-bond donors (Lipinski definition) is 1. The number of amides is 1. The summed E-state index contributed by atoms with van der Waals surface area (Å²) in [4.78, 5) is 24.2. The number of ether oxygens (including phenoxy) is 1. The topological polar surface area (TPSA) is 97.7 Å². The molecule has 27 heavy (non-hydrogen) atoms. The van der Waals surface area contributed by atoms with Gasteiger partial charge in [0.25, 0.3) is 5.56 Å². The lowest BCUT2D eigenvalue weighted by molar-refractivity contribution is -0.116. The number of morpholine rings is 1. The first-order valence-corrected chi connectivity index (χ1v) is 10.0. The summed E-state index contributed by atoms with van der Waals surface area (Å²) in [7, 11) is -3.76. The highest BCUT2D eigenvalue weighted by Gasteiger charge is 2.27. The van der Waals surface area contributed by atoms with Crippen molar-refractivity contribution in [3.63, 3.8) is 0 Å². The minimum absolute atomic E-state index is 0.0421. The van der Waals surface area contributed by atoms with Gasteiger partial charge in [-0.1, -0.05) is 17.7 Å². The largest absolute Gasteiger partial charge is 0.379 e. The van der Waals surface area contributed by atoms with Crippen molar-refractivity contribution in [2.45, 2.75) is 11.4 Å². The fourth-order valence-electron chi connectivity index (χ4n) is 2.64. The molecular formula is C17H18ClN3O5S. The van der Waals surface area contributed by atoms with Crippen molar-refractivity contribution in [2.75, 3.05) is 31.6 Å². The molecule has 2 heterocycles. The average Bonchev–Trinajstić information content (AvgIpc) is 2.64. The standard InChI is InChI=1S/C17H18ClN3O5S/c18-13-2-1-3-14(10-13)19-16(22)12-20-11-15(4-5-17(20)23)27(24,25)21-6-8-26-9-7-21/h1-5,10-11H,6-9,12H2,(H,19,22). The number of sulfonamides is 1. The fraction of sp³-hybridized carbons (Fsp3) is 0.294. The third kappa shape index (κ3) is 4.75. The van der Waals surface area contributed by atoms with Gasteiger partial charge < -0.3 is 14.6 Å². The summed E-state index contributed by atoms with van der Waals surface area (Å²) >= 11 is 5.87. The predicted octanol–water partition coefficient (Wildman–Crippen LogP) is 1.16. The Kier molecular flexibility index (Phi) is 5.95. The molecule has 1 aromatic heterocycles. The van der Waals surface area contributed by atoms with Crippen LogP contribution in [0.4, 0.5) is 5.69 Å². The maximum absolute atomic E-state index is 12.7. The normalized spacial score (nSPS) is 15.4. The van der Waals surface area contributed by atoms with E-state index in [9.17, 15) is 18.0 Å². The molecule has 0 bridgehead atoms. The Hall–Kier alpha value is -2.20. The molecule has 8 nitrogen and oxygen atoms in total. The lowest BCUT2D eigenvalue weighted by Gasteiger charge is -2.26. The number of aromatic nitrogens is 1. The van der Waals surface area contributed by atoms with Crippen molar-refractivity contribution < 1.29 is 17.9 Å². The zero-order valence-electron chi connectivity index (χ0n) is 14.3. The number of pyridine rings is 1. The number of anilines is 1. The Morgan fingerprint density at radius 1 is 1.19 bits per heavy atom. The molecule has 0 spiro atoms. The molecule has 0 radical (unpaired) electrons. The molecule has 0 unspecified atom stereocenters. The van der Waals surface area contributed by atoms with Crippen LogP contribution in [0.1, 0.15) is 0 Å². The van der Waals surface area contributed by atoms with Crippen molar-refractivity contribution in [3.05, 3.63) is 58.0 Å². The minimum Gasteiger partial charge on any atom is -0.379 e. The minimum atomic E-state index is -3.76. The van der Waals surface area contributed by atoms with Crippen LogP contribution in [0.2, 0.25) is 5.02 Å². The van der Waals surface area contributed by atoms with Gasteiger partial charge in [0.05, 0.1) is 18.1 Å². The number of carbonyl (C=O) groups excluding carboxylic acids is 1. The van der Waals surface area contributed by atoms with Gasteiger partial charge in [-0.3, -0.25) is 9.59 Å². The second-order valence-electron chi connectivity index (χ2n) is 5.91. The number of halogens is 1. The predicted molar refractivity (Wildman–Crippen MR) is 100 cm³/mol. The highest BCUT2D eigenvalue weighted by molar-refractivity contribution is 7.89. The van der Waals surface area contributed by atoms with E-state index in [-0.39, 0.29) is 24.5 Å². The van der Waals surface area contributed by atoms with E-state index in [0.29, 0.717) is 23.9 Å². The number of carbonyl (C=O) groups is 1. The van der Waals surface area contributed by atoms with Crippen LogP contribution in [0.3, 0.4) is 0 Å². The number of nitrogens with zero attached hydrogens (tertiary/aromatic N) is 2. The molecule has 1 N–H and O–H groups in total. The zero-order chi connectivity index (χ0) is 19.4. The molecule has 1 fully saturated rings. The van der Waals surface area contributed by atoms with Crippen molar-refractivity contribution in [2.24, 2.45) is 0 Å². The quantitative estimate of drug-likeness (QED) is 0.796. The average molecular weight is 412 g/mol. The molecule has 1 aromatic carbocycles. The second kappa shape index (κ2) is 8.22. The molecule has 1 saturated heterocycles. The van der Waals surface area contributed by atoms with Crippen LogP contribution in [0.25, 0.3) is 0 Å². The Labute approximate surface area is 161 Å². The van der Waals surface area contributed by atoms with Gasteiger partial charge in [-0.15, -0.1) is 0 Å². The Bertz CT molecular complexity index is 1000. The van der Waals surface area contributed by atoms with E-state index in [2.05, 4.69) is 5.32 Å². The number of rotatable bonds is 5. The third-order valence-corrected chi connectivity index (χ3v) is 6.10. The zero-order valence-corrected chi connectivity index (χ0v) is 15.9. The molecule has 0 atom stereocenters. The SMILES string of the molecule is O=C(Cn1cc(S(=O)(=O)N2CCOCC2)ccc1=O)Nc1cccc(Cl)c1. The summed E-state index contributed by atoms with van der Waals surface area (Å²) in [6.07, 6.45) is 1.19. The molecule has 1 aliphatic heterocycles. The van der Waals surface area contributed by atoms with E-state index < -0.39 is 21.5 Å². The molecule has 1 amide bonds. The van der Waals surface area contributed by atoms with Crippen LogP contribution in [-0.2, 0) is 26.1 Å². The molecule has 2 aromatic rings. The molecular weight excluding hydrogens is 394 g/mol. The lowest BCUT2D eigenvalue weighted by Crippen LogP contribution is -2.41. The second-order valence-corrected chi connectivity index (χ2v) is 8.28.